The fourth-order valence-corrected chi connectivity index (χ4v) is 5.62. The molecule has 196 valence electrons. The van der Waals surface area contributed by atoms with Crippen molar-refractivity contribution >= 4 is 23.2 Å². The fraction of sp³-hybridized carbons (Fsp3) is 0.433. The second kappa shape index (κ2) is 12.5. The quantitative estimate of drug-likeness (QED) is 0.365. The van der Waals surface area contributed by atoms with Gasteiger partial charge in [0.15, 0.2) is 0 Å². The predicted molar refractivity (Wildman–Crippen MR) is 151 cm³/mol. The van der Waals surface area contributed by atoms with E-state index in [1.807, 2.05) is 26.2 Å². The molecule has 6 nitrogen and oxygen atoms in total. The highest BCUT2D eigenvalue weighted by molar-refractivity contribution is 6.29. The van der Waals surface area contributed by atoms with Crippen molar-refractivity contribution in [3.8, 4) is 0 Å². The molecule has 0 saturated carbocycles. The van der Waals surface area contributed by atoms with Crippen LogP contribution < -0.4 is 10.2 Å². The van der Waals surface area contributed by atoms with E-state index in [4.69, 9.17) is 11.6 Å². The first-order valence-corrected chi connectivity index (χ1v) is 13.6. The van der Waals surface area contributed by atoms with Crippen molar-refractivity contribution in [3.05, 3.63) is 88.0 Å². The largest absolute Gasteiger partial charge is 0.364 e. The molecular formula is C30H38ClN5O. The number of carbonyl (C=O) groups excluding carboxylic acids is 1. The molecule has 1 fully saturated rings. The molecule has 1 aliphatic heterocycles. The fourth-order valence-electron chi connectivity index (χ4n) is 5.33. The lowest BCUT2D eigenvalue weighted by Crippen LogP contribution is -2.48. The number of aromatic nitrogens is 2. The summed E-state index contributed by atoms with van der Waals surface area (Å²) < 4.78 is 0. The lowest BCUT2D eigenvalue weighted by Gasteiger charge is -2.42. The van der Waals surface area contributed by atoms with Gasteiger partial charge in [0.05, 0.1) is 11.3 Å². The molecule has 0 spiro atoms. The minimum absolute atomic E-state index is 0.0747. The average Bonchev–Trinajstić information content (AvgIpc) is 2.88. The van der Waals surface area contributed by atoms with Gasteiger partial charge in [0.1, 0.15) is 5.15 Å². The Kier molecular flexibility index (Phi) is 9.17. The van der Waals surface area contributed by atoms with E-state index in [9.17, 15) is 4.79 Å². The van der Waals surface area contributed by atoms with Gasteiger partial charge in [0, 0.05) is 56.3 Å². The van der Waals surface area contributed by atoms with Crippen molar-refractivity contribution in [2.45, 2.75) is 65.6 Å². The van der Waals surface area contributed by atoms with Crippen LogP contribution in [0.15, 0.2) is 54.9 Å². The Bertz CT molecular complexity index is 1170. The zero-order valence-corrected chi connectivity index (χ0v) is 23.1. The molecule has 3 heterocycles. The summed E-state index contributed by atoms with van der Waals surface area (Å²) in [5, 5.41) is 3.51. The van der Waals surface area contributed by atoms with Crippen molar-refractivity contribution in [1.82, 2.24) is 20.2 Å². The van der Waals surface area contributed by atoms with E-state index in [0.717, 1.165) is 44.5 Å². The maximum Gasteiger partial charge on any atom is 0.253 e. The lowest BCUT2D eigenvalue weighted by atomic mass is 9.99. The van der Waals surface area contributed by atoms with Gasteiger partial charge < -0.3 is 15.1 Å². The van der Waals surface area contributed by atoms with Crippen LogP contribution in [-0.2, 0) is 6.54 Å². The first-order chi connectivity index (χ1) is 17.8. The summed E-state index contributed by atoms with van der Waals surface area (Å²) in [6, 6.07) is 15.4. The number of piperidine rings is 1. The summed E-state index contributed by atoms with van der Waals surface area (Å²) in [5.74, 6) is -0.0747. The maximum absolute atomic E-state index is 12.8. The number of nitrogens with zero attached hydrogens (tertiary/aromatic N) is 4. The van der Waals surface area contributed by atoms with Crippen LogP contribution in [0.2, 0.25) is 5.15 Å². The van der Waals surface area contributed by atoms with Crippen LogP contribution in [0.3, 0.4) is 0 Å². The third-order valence-electron chi connectivity index (χ3n) is 7.58. The molecule has 37 heavy (non-hydrogen) atoms. The summed E-state index contributed by atoms with van der Waals surface area (Å²) >= 11 is 6.02. The average molecular weight is 520 g/mol. The molecule has 0 bridgehead atoms. The number of para-hydroxylation sites is 1. The van der Waals surface area contributed by atoms with Crippen molar-refractivity contribution in [2.75, 3.05) is 24.5 Å². The second-order valence-electron chi connectivity index (χ2n) is 10.1. The minimum Gasteiger partial charge on any atom is -0.364 e. The molecule has 1 amide bonds. The molecule has 3 aromatic rings. The van der Waals surface area contributed by atoms with Gasteiger partial charge in [-0.1, -0.05) is 29.8 Å². The van der Waals surface area contributed by atoms with Crippen LogP contribution in [-0.4, -0.2) is 52.5 Å². The Morgan fingerprint density at radius 2 is 1.86 bits per heavy atom. The number of anilines is 1. The molecule has 0 unspecified atom stereocenters. The van der Waals surface area contributed by atoms with Crippen LogP contribution in [0, 0.1) is 20.8 Å². The Labute approximate surface area is 226 Å². The maximum atomic E-state index is 12.8. The first kappa shape index (κ1) is 27.1. The first-order valence-electron chi connectivity index (χ1n) is 13.2. The standard InChI is InChI=1S/C30H38ClN5O/c1-21-10-14-32-19-25(21)20-36(26-8-6-5-7-9-26)27-12-16-35(17-13-27)23(3)11-15-33-30(37)29-22(2)18-28(31)34-24(29)4/h5-10,14,18-19,23,27H,11-13,15-17,20H2,1-4H3,(H,33,37)/t23-/m1/s1. The summed E-state index contributed by atoms with van der Waals surface area (Å²) in [4.78, 5) is 26.5. The zero-order chi connectivity index (χ0) is 26.4. The molecule has 1 aliphatic rings. The summed E-state index contributed by atoms with van der Waals surface area (Å²) in [7, 11) is 0. The van der Waals surface area contributed by atoms with Gasteiger partial charge >= 0.3 is 0 Å². The number of pyridine rings is 2. The van der Waals surface area contributed by atoms with E-state index in [1.54, 1.807) is 6.07 Å². The van der Waals surface area contributed by atoms with Gasteiger partial charge in [-0.2, -0.15) is 0 Å². The second-order valence-corrected chi connectivity index (χ2v) is 10.5. The van der Waals surface area contributed by atoms with E-state index >= 15 is 0 Å². The molecule has 1 aromatic carbocycles. The monoisotopic (exact) mass is 519 g/mol. The third kappa shape index (κ3) is 6.88. The van der Waals surface area contributed by atoms with Gasteiger partial charge in [-0.15, -0.1) is 0 Å². The zero-order valence-electron chi connectivity index (χ0n) is 22.4. The molecule has 2 aromatic heterocycles. The lowest BCUT2D eigenvalue weighted by molar-refractivity contribution is 0.0943. The smallest absolute Gasteiger partial charge is 0.253 e. The molecule has 0 aliphatic carbocycles. The van der Waals surface area contributed by atoms with Crippen LogP contribution in [0.25, 0.3) is 0 Å². The Morgan fingerprint density at radius 1 is 1.14 bits per heavy atom. The van der Waals surface area contributed by atoms with Crippen LogP contribution >= 0.6 is 11.6 Å². The number of halogens is 1. The normalized spacial score (nSPS) is 15.4. The number of hydrogen-bond acceptors (Lipinski definition) is 5. The van der Waals surface area contributed by atoms with Crippen molar-refractivity contribution < 1.29 is 4.79 Å². The van der Waals surface area contributed by atoms with Gasteiger partial charge in [-0.3, -0.25) is 9.78 Å². The van der Waals surface area contributed by atoms with Crippen molar-refractivity contribution in [1.29, 1.82) is 0 Å². The SMILES string of the molecule is Cc1ccncc1CN(c1ccccc1)C1CCN([C@H](C)CCNC(=O)c2c(C)cc(Cl)nc2C)CC1. The molecule has 7 heteroatoms. The number of benzene rings is 1. The van der Waals surface area contributed by atoms with Gasteiger partial charge in [-0.25, -0.2) is 4.98 Å². The molecule has 1 saturated heterocycles. The number of rotatable bonds is 9. The van der Waals surface area contributed by atoms with Crippen molar-refractivity contribution in [3.63, 3.8) is 0 Å². The van der Waals surface area contributed by atoms with E-state index in [0.29, 0.717) is 35.0 Å². The molecular weight excluding hydrogens is 482 g/mol. The molecule has 0 radical (unpaired) electrons. The van der Waals surface area contributed by atoms with Gasteiger partial charge in [0.25, 0.3) is 5.91 Å². The number of aryl methyl sites for hydroxylation is 3. The number of carbonyl (C=O) groups is 1. The highest BCUT2D eigenvalue weighted by atomic mass is 35.5. The predicted octanol–water partition coefficient (Wildman–Crippen LogP) is 5.73. The van der Waals surface area contributed by atoms with Crippen LogP contribution in [0.4, 0.5) is 5.69 Å². The Balaban J connectivity index is 1.32. The number of hydrogen-bond donors (Lipinski definition) is 1. The third-order valence-corrected chi connectivity index (χ3v) is 7.77. The summed E-state index contributed by atoms with van der Waals surface area (Å²) in [6.07, 6.45) is 6.99. The van der Waals surface area contributed by atoms with Gasteiger partial charge in [-0.05, 0) is 87.9 Å². The van der Waals surface area contributed by atoms with Gasteiger partial charge in [0.2, 0.25) is 0 Å². The summed E-state index contributed by atoms with van der Waals surface area (Å²) in [6.45, 7) is 11.8. The number of amides is 1. The Morgan fingerprint density at radius 3 is 2.54 bits per heavy atom. The molecule has 4 rings (SSSR count). The number of nitrogens with one attached hydrogen (secondary N) is 1. The van der Waals surface area contributed by atoms with E-state index in [-0.39, 0.29) is 5.91 Å². The van der Waals surface area contributed by atoms with Crippen LogP contribution in [0.1, 0.15) is 58.9 Å². The van der Waals surface area contributed by atoms with Crippen LogP contribution in [0.5, 0.6) is 0 Å². The molecule has 1 atom stereocenters. The topological polar surface area (TPSA) is 61.4 Å². The number of likely N-dealkylation sites (tertiary alicyclic amines) is 1. The van der Waals surface area contributed by atoms with Crippen molar-refractivity contribution in [2.24, 2.45) is 0 Å². The summed E-state index contributed by atoms with van der Waals surface area (Å²) in [5.41, 5.74) is 5.98. The van der Waals surface area contributed by atoms with E-state index < -0.39 is 0 Å². The minimum atomic E-state index is -0.0747. The highest BCUT2D eigenvalue weighted by Gasteiger charge is 2.27. The van der Waals surface area contributed by atoms with E-state index in [2.05, 4.69) is 75.3 Å². The Hall–Kier alpha value is -2.96. The van der Waals surface area contributed by atoms with E-state index in [1.165, 1.54) is 16.8 Å². The highest BCUT2D eigenvalue weighted by Crippen LogP contribution is 2.27. The molecule has 1 N–H and O–H groups in total.